The maximum absolute atomic E-state index is 13.2. The minimum Gasteiger partial charge on any atom is -0.317 e. The zero-order valence-corrected chi connectivity index (χ0v) is 12.2. The van der Waals surface area contributed by atoms with E-state index in [9.17, 15) is 14.0 Å². The molecule has 1 aromatic heterocycles. The second-order valence-electron chi connectivity index (χ2n) is 4.51. The molecule has 3 nitrogen and oxygen atoms in total. The van der Waals surface area contributed by atoms with Crippen LogP contribution < -0.4 is 5.32 Å². The molecule has 1 heterocycles. The van der Waals surface area contributed by atoms with Crippen LogP contribution in [0.2, 0.25) is 0 Å². The first-order valence-electron chi connectivity index (χ1n) is 6.08. The van der Waals surface area contributed by atoms with Gasteiger partial charge in [0, 0.05) is 17.4 Å². The van der Waals surface area contributed by atoms with Gasteiger partial charge < -0.3 is 5.32 Å². The number of hydrogen-bond donors (Lipinski definition) is 1. The van der Waals surface area contributed by atoms with Crippen molar-refractivity contribution in [3.8, 4) is 0 Å². The Morgan fingerprint density at radius 3 is 2.55 bits per heavy atom. The first kappa shape index (κ1) is 14.4. The van der Waals surface area contributed by atoms with Crippen LogP contribution >= 0.6 is 11.3 Å². The topological polar surface area (TPSA) is 46.2 Å². The van der Waals surface area contributed by atoms with Gasteiger partial charge in [0.1, 0.15) is 10.8 Å². The first-order chi connectivity index (χ1) is 9.40. The van der Waals surface area contributed by atoms with E-state index in [2.05, 4.69) is 5.32 Å². The summed E-state index contributed by atoms with van der Waals surface area (Å²) < 4.78 is 13.2. The molecule has 1 N–H and O–H groups in total. The van der Waals surface area contributed by atoms with Crippen molar-refractivity contribution in [1.82, 2.24) is 0 Å². The summed E-state index contributed by atoms with van der Waals surface area (Å²) in [6, 6.07) is 5.55. The third-order valence-electron chi connectivity index (χ3n) is 2.99. The van der Waals surface area contributed by atoms with Crippen LogP contribution in [0.1, 0.15) is 33.3 Å². The smallest absolute Gasteiger partial charge is 0.221 e. The van der Waals surface area contributed by atoms with Crippen molar-refractivity contribution in [2.45, 2.75) is 20.8 Å². The Kier molecular flexibility index (Phi) is 3.99. The highest BCUT2D eigenvalue weighted by atomic mass is 32.1. The van der Waals surface area contributed by atoms with Crippen LogP contribution in [0.15, 0.2) is 24.3 Å². The number of halogens is 1. The zero-order chi connectivity index (χ0) is 14.9. The molecule has 0 aliphatic heterocycles. The molecule has 0 fully saturated rings. The molecule has 2 aromatic rings. The molecule has 20 heavy (non-hydrogen) atoms. The van der Waals surface area contributed by atoms with Crippen LogP contribution in [-0.4, -0.2) is 11.7 Å². The molecule has 0 saturated heterocycles. The van der Waals surface area contributed by atoms with E-state index in [0.717, 1.165) is 10.4 Å². The van der Waals surface area contributed by atoms with Crippen LogP contribution in [0.25, 0.3) is 0 Å². The lowest BCUT2D eigenvalue weighted by Crippen LogP contribution is -2.10. The lowest BCUT2D eigenvalue weighted by Gasteiger charge is -2.05. The van der Waals surface area contributed by atoms with Gasteiger partial charge in [-0.15, -0.1) is 11.3 Å². The minimum atomic E-state index is -0.457. The van der Waals surface area contributed by atoms with Gasteiger partial charge >= 0.3 is 0 Å². The Morgan fingerprint density at radius 2 is 1.95 bits per heavy atom. The fraction of sp³-hybridized carbons (Fsp3) is 0.200. The molecule has 0 radical (unpaired) electrons. The number of carbonyl (C=O) groups excluding carboxylic acids is 2. The van der Waals surface area contributed by atoms with Crippen molar-refractivity contribution >= 4 is 28.0 Å². The molecule has 104 valence electrons. The number of ketones is 1. The first-order valence-corrected chi connectivity index (χ1v) is 6.89. The Hall–Kier alpha value is -2.01. The molecule has 1 amide bonds. The number of carbonyl (C=O) groups is 2. The van der Waals surface area contributed by atoms with E-state index in [0.29, 0.717) is 10.6 Å². The summed E-state index contributed by atoms with van der Waals surface area (Å²) in [5.41, 5.74) is 1.53. The quantitative estimate of drug-likeness (QED) is 0.877. The number of hydrogen-bond acceptors (Lipinski definition) is 3. The van der Waals surface area contributed by atoms with Crippen molar-refractivity contribution in [2.24, 2.45) is 0 Å². The molecule has 0 saturated carbocycles. The third-order valence-corrected chi connectivity index (χ3v) is 4.11. The Labute approximate surface area is 120 Å². The summed E-state index contributed by atoms with van der Waals surface area (Å²) in [5.74, 6) is -0.976. The molecule has 0 unspecified atom stereocenters. The second-order valence-corrected chi connectivity index (χ2v) is 5.73. The van der Waals surface area contributed by atoms with E-state index >= 15 is 0 Å². The number of thiophene rings is 1. The van der Waals surface area contributed by atoms with Gasteiger partial charge in [0.05, 0.1) is 5.56 Å². The standard InChI is InChI=1S/C15H14FNO2S/c1-8-9(2)20-15(17-10(3)18)13(8)14(19)11-5-4-6-12(16)7-11/h4-7H,1-3H3,(H,17,18). The predicted octanol–water partition coefficient (Wildman–Crippen LogP) is 3.69. The van der Waals surface area contributed by atoms with Crippen molar-refractivity contribution in [3.05, 3.63) is 51.7 Å². The van der Waals surface area contributed by atoms with Crippen molar-refractivity contribution in [3.63, 3.8) is 0 Å². The minimum absolute atomic E-state index is 0.237. The highest BCUT2D eigenvalue weighted by molar-refractivity contribution is 7.16. The summed E-state index contributed by atoms with van der Waals surface area (Å²) >= 11 is 1.35. The highest BCUT2D eigenvalue weighted by Gasteiger charge is 2.21. The van der Waals surface area contributed by atoms with Crippen LogP contribution in [0.5, 0.6) is 0 Å². The molecule has 0 bridgehead atoms. The number of benzene rings is 1. The summed E-state index contributed by atoms with van der Waals surface area (Å²) in [5, 5.41) is 3.18. The fourth-order valence-electron chi connectivity index (χ4n) is 1.92. The van der Waals surface area contributed by atoms with E-state index in [1.807, 2.05) is 13.8 Å². The van der Waals surface area contributed by atoms with Gasteiger partial charge in [0.15, 0.2) is 5.78 Å². The molecule has 2 rings (SSSR count). The van der Waals surface area contributed by atoms with Crippen molar-refractivity contribution in [1.29, 1.82) is 0 Å². The molecule has 0 atom stereocenters. The van der Waals surface area contributed by atoms with E-state index in [4.69, 9.17) is 0 Å². The van der Waals surface area contributed by atoms with Gasteiger partial charge in [-0.05, 0) is 31.5 Å². The monoisotopic (exact) mass is 291 g/mol. The molecule has 1 aromatic carbocycles. The number of rotatable bonds is 3. The summed E-state index contributed by atoms with van der Waals surface area (Å²) in [6.45, 7) is 5.10. The highest BCUT2D eigenvalue weighted by Crippen LogP contribution is 2.34. The summed E-state index contributed by atoms with van der Waals surface area (Å²) in [6.07, 6.45) is 0. The average Bonchev–Trinajstić information content (AvgIpc) is 2.63. The average molecular weight is 291 g/mol. The molecule has 0 aliphatic carbocycles. The molecule has 5 heteroatoms. The van der Waals surface area contributed by atoms with Crippen molar-refractivity contribution < 1.29 is 14.0 Å². The summed E-state index contributed by atoms with van der Waals surface area (Å²) in [7, 11) is 0. The Morgan fingerprint density at radius 1 is 1.25 bits per heavy atom. The van der Waals surface area contributed by atoms with Crippen LogP contribution in [0, 0.1) is 19.7 Å². The molecular weight excluding hydrogens is 277 g/mol. The largest absolute Gasteiger partial charge is 0.317 e. The Balaban J connectivity index is 2.51. The molecular formula is C15H14FNO2S. The van der Waals surface area contributed by atoms with E-state index in [1.165, 1.54) is 36.5 Å². The Bertz CT molecular complexity index is 691. The zero-order valence-electron chi connectivity index (χ0n) is 11.4. The predicted molar refractivity (Wildman–Crippen MR) is 77.9 cm³/mol. The second kappa shape index (κ2) is 5.54. The summed E-state index contributed by atoms with van der Waals surface area (Å²) in [4.78, 5) is 24.7. The third kappa shape index (κ3) is 2.77. The van der Waals surface area contributed by atoms with Gasteiger partial charge in [-0.25, -0.2) is 4.39 Å². The van der Waals surface area contributed by atoms with Crippen molar-refractivity contribution in [2.75, 3.05) is 5.32 Å². The number of nitrogens with one attached hydrogen (secondary N) is 1. The normalized spacial score (nSPS) is 10.4. The van der Waals surface area contributed by atoms with Gasteiger partial charge in [-0.2, -0.15) is 0 Å². The van der Waals surface area contributed by atoms with E-state index < -0.39 is 5.82 Å². The lowest BCUT2D eigenvalue weighted by molar-refractivity contribution is -0.114. The number of anilines is 1. The van der Waals surface area contributed by atoms with Gasteiger partial charge in [0.2, 0.25) is 5.91 Å². The number of amides is 1. The van der Waals surface area contributed by atoms with E-state index in [-0.39, 0.29) is 17.3 Å². The van der Waals surface area contributed by atoms with Crippen LogP contribution in [0.4, 0.5) is 9.39 Å². The SMILES string of the molecule is CC(=O)Nc1sc(C)c(C)c1C(=O)c1cccc(F)c1. The maximum atomic E-state index is 13.2. The van der Waals surface area contributed by atoms with E-state index in [1.54, 1.807) is 6.07 Å². The number of aryl methyl sites for hydroxylation is 1. The van der Waals surface area contributed by atoms with Gasteiger partial charge in [-0.1, -0.05) is 12.1 Å². The maximum Gasteiger partial charge on any atom is 0.221 e. The van der Waals surface area contributed by atoms with Gasteiger partial charge in [0.25, 0.3) is 0 Å². The van der Waals surface area contributed by atoms with Crippen LogP contribution in [0.3, 0.4) is 0 Å². The fourth-order valence-corrected chi connectivity index (χ4v) is 3.03. The van der Waals surface area contributed by atoms with Crippen LogP contribution in [-0.2, 0) is 4.79 Å². The lowest BCUT2D eigenvalue weighted by atomic mass is 10.0. The molecule has 0 aliphatic rings. The van der Waals surface area contributed by atoms with Gasteiger partial charge in [-0.3, -0.25) is 9.59 Å². The molecule has 0 spiro atoms.